The molecule has 1 aromatic heterocycles. The zero-order chi connectivity index (χ0) is 19.5. The van der Waals surface area contributed by atoms with Crippen molar-refractivity contribution in [1.82, 2.24) is 19.9 Å². The minimum Gasteiger partial charge on any atom is -0.368 e. The third-order valence-electron chi connectivity index (χ3n) is 5.26. The molecule has 0 atom stereocenters. The zero-order valence-electron chi connectivity index (χ0n) is 16.4. The number of hydrogen-bond donors (Lipinski definition) is 0. The van der Waals surface area contributed by atoms with E-state index in [1.807, 2.05) is 17.0 Å². The molecule has 28 heavy (non-hydrogen) atoms. The summed E-state index contributed by atoms with van der Waals surface area (Å²) in [6.45, 7) is 7.24. The van der Waals surface area contributed by atoms with E-state index in [1.54, 1.807) is 10.9 Å². The molecule has 1 saturated heterocycles. The lowest BCUT2D eigenvalue weighted by Gasteiger charge is -2.35. The number of anilines is 1. The maximum atomic E-state index is 12.8. The molecule has 0 spiro atoms. The number of nitrogens with zero attached hydrogens (tertiary/aromatic N) is 5. The largest absolute Gasteiger partial charge is 0.368 e. The third kappa shape index (κ3) is 3.76. The van der Waals surface area contributed by atoms with E-state index >= 15 is 0 Å². The molecule has 0 radical (unpaired) electrons. The van der Waals surface area contributed by atoms with Gasteiger partial charge < -0.3 is 9.80 Å². The van der Waals surface area contributed by atoms with Crippen LogP contribution in [-0.2, 0) is 6.42 Å². The second kappa shape index (κ2) is 7.84. The van der Waals surface area contributed by atoms with Gasteiger partial charge in [-0.05, 0) is 48.7 Å². The summed E-state index contributed by atoms with van der Waals surface area (Å²) in [7, 11) is 0. The molecule has 0 unspecified atom stereocenters. The fraction of sp³-hybridized carbons (Fsp3) is 0.318. The van der Waals surface area contributed by atoms with Crippen LogP contribution in [0.25, 0.3) is 5.69 Å². The highest BCUT2D eigenvalue weighted by Crippen LogP contribution is 2.18. The summed E-state index contributed by atoms with van der Waals surface area (Å²) in [6.07, 6.45) is 2.71. The Balaban J connectivity index is 1.41. The summed E-state index contributed by atoms with van der Waals surface area (Å²) >= 11 is 0. The van der Waals surface area contributed by atoms with Crippen LogP contribution in [0.2, 0.25) is 0 Å². The Morgan fingerprint density at radius 2 is 1.75 bits per heavy atom. The topological polar surface area (TPSA) is 54.3 Å². The van der Waals surface area contributed by atoms with Crippen molar-refractivity contribution in [2.45, 2.75) is 20.3 Å². The highest BCUT2D eigenvalue weighted by molar-refractivity contribution is 5.92. The van der Waals surface area contributed by atoms with Crippen LogP contribution in [0, 0.1) is 6.92 Å². The first-order chi connectivity index (χ1) is 13.6. The van der Waals surface area contributed by atoms with E-state index in [9.17, 15) is 4.79 Å². The Hall–Kier alpha value is -3.15. The summed E-state index contributed by atoms with van der Waals surface area (Å²) in [4.78, 5) is 17.0. The van der Waals surface area contributed by atoms with Crippen molar-refractivity contribution < 1.29 is 4.79 Å². The quantitative estimate of drug-likeness (QED) is 0.703. The van der Waals surface area contributed by atoms with Gasteiger partial charge in [-0.3, -0.25) is 4.79 Å². The number of hydrogen-bond acceptors (Lipinski definition) is 4. The predicted octanol–water partition coefficient (Wildman–Crippen LogP) is 3.10. The second-order valence-electron chi connectivity index (χ2n) is 7.19. The summed E-state index contributed by atoms with van der Waals surface area (Å²) in [5, 5.41) is 8.25. The summed E-state index contributed by atoms with van der Waals surface area (Å²) in [6, 6.07) is 16.6. The zero-order valence-corrected chi connectivity index (χ0v) is 16.4. The van der Waals surface area contributed by atoms with Crippen LogP contribution in [0.1, 0.15) is 28.5 Å². The SMILES string of the molecule is CCc1ccc(-n2cc(C(=O)N3CCN(c4cccc(C)c4)CC3)nn2)cc1. The van der Waals surface area contributed by atoms with Crippen molar-refractivity contribution in [2.75, 3.05) is 31.1 Å². The number of rotatable bonds is 4. The predicted molar refractivity (Wildman–Crippen MR) is 110 cm³/mol. The van der Waals surface area contributed by atoms with Crippen molar-refractivity contribution in [3.63, 3.8) is 0 Å². The monoisotopic (exact) mass is 375 g/mol. The van der Waals surface area contributed by atoms with Gasteiger partial charge in [-0.1, -0.05) is 36.4 Å². The molecule has 0 bridgehead atoms. The fourth-order valence-corrected chi connectivity index (χ4v) is 3.53. The van der Waals surface area contributed by atoms with E-state index in [-0.39, 0.29) is 5.91 Å². The normalized spacial score (nSPS) is 14.4. The molecule has 2 heterocycles. The number of aryl methyl sites for hydroxylation is 2. The highest BCUT2D eigenvalue weighted by atomic mass is 16.2. The first kappa shape index (κ1) is 18.2. The molecule has 6 heteroatoms. The molecule has 6 nitrogen and oxygen atoms in total. The molecule has 1 fully saturated rings. The Morgan fingerprint density at radius 1 is 1.00 bits per heavy atom. The van der Waals surface area contributed by atoms with Crippen molar-refractivity contribution in [3.8, 4) is 5.69 Å². The Kier molecular flexibility index (Phi) is 5.10. The van der Waals surface area contributed by atoms with Crippen LogP contribution in [0.3, 0.4) is 0 Å². The molecule has 1 aliphatic heterocycles. The number of amides is 1. The Morgan fingerprint density at radius 3 is 2.43 bits per heavy atom. The Bertz CT molecular complexity index is 955. The first-order valence-electron chi connectivity index (χ1n) is 9.76. The number of aromatic nitrogens is 3. The van der Waals surface area contributed by atoms with Crippen LogP contribution >= 0.6 is 0 Å². The number of carbonyl (C=O) groups is 1. The average Bonchev–Trinajstić information content (AvgIpc) is 3.24. The lowest BCUT2D eigenvalue weighted by molar-refractivity contribution is 0.0740. The van der Waals surface area contributed by atoms with Crippen LogP contribution in [0.5, 0.6) is 0 Å². The molecule has 0 N–H and O–H groups in total. The van der Waals surface area contributed by atoms with Crippen LogP contribution in [-0.4, -0.2) is 52.0 Å². The standard InChI is InChI=1S/C22H25N5O/c1-3-18-7-9-19(10-8-18)27-16-21(23-24-27)22(28)26-13-11-25(12-14-26)20-6-4-5-17(2)15-20/h4-10,15-16H,3,11-14H2,1-2H3. The van der Waals surface area contributed by atoms with Gasteiger partial charge in [-0.2, -0.15) is 0 Å². The van der Waals surface area contributed by atoms with E-state index in [1.165, 1.54) is 16.8 Å². The molecule has 1 amide bonds. The summed E-state index contributed by atoms with van der Waals surface area (Å²) in [5.41, 5.74) is 5.04. The van der Waals surface area contributed by atoms with E-state index in [4.69, 9.17) is 0 Å². The van der Waals surface area contributed by atoms with Crippen molar-refractivity contribution in [2.24, 2.45) is 0 Å². The molecule has 4 rings (SSSR count). The van der Waals surface area contributed by atoms with Gasteiger partial charge in [0.1, 0.15) is 0 Å². The molecule has 144 valence electrons. The lowest BCUT2D eigenvalue weighted by atomic mass is 10.1. The van der Waals surface area contributed by atoms with Gasteiger partial charge in [0.2, 0.25) is 0 Å². The average molecular weight is 375 g/mol. The van der Waals surface area contributed by atoms with Gasteiger partial charge in [0.25, 0.3) is 5.91 Å². The summed E-state index contributed by atoms with van der Waals surface area (Å²) in [5.74, 6) is -0.0553. The van der Waals surface area contributed by atoms with Gasteiger partial charge in [0, 0.05) is 31.9 Å². The van der Waals surface area contributed by atoms with Crippen LogP contribution in [0.4, 0.5) is 5.69 Å². The van der Waals surface area contributed by atoms with Crippen LogP contribution < -0.4 is 4.90 Å². The van der Waals surface area contributed by atoms with Crippen molar-refractivity contribution in [3.05, 3.63) is 71.5 Å². The molecule has 0 saturated carbocycles. The van der Waals surface area contributed by atoms with Crippen LogP contribution in [0.15, 0.2) is 54.7 Å². The number of benzene rings is 2. The maximum absolute atomic E-state index is 12.8. The van der Waals surface area contributed by atoms with E-state index in [2.05, 4.69) is 65.5 Å². The molecule has 1 aliphatic rings. The van der Waals surface area contributed by atoms with Gasteiger partial charge in [0.15, 0.2) is 5.69 Å². The molecule has 0 aliphatic carbocycles. The molecular weight excluding hydrogens is 350 g/mol. The van der Waals surface area contributed by atoms with Gasteiger partial charge in [0.05, 0.1) is 11.9 Å². The first-order valence-corrected chi connectivity index (χ1v) is 9.76. The van der Waals surface area contributed by atoms with Gasteiger partial charge >= 0.3 is 0 Å². The number of piperazine rings is 1. The number of carbonyl (C=O) groups excluding carboxylic acids is 1. The fourth-order valence-electron chi connectivity index (χ4n) is 3.53. The molecule has 2 aromatic carbocycles. The Labute approximate surface area is 165 Å². The van der Waals surface area contributed by atoms with Crippen molar-refractivity contribution >= 4 is 11.6 Å². The summed E-state index contributed by atoms with van der Waals surface area (Å²) < 4.78 is 1.66. The molecule has 3 aromatic rings. The van der Waals surface area contributed by atoms with E-state index in [0.29, 0.717) is 18.8 Å². The van der Waals surface area contributed by atoms with E-state index < -0.39 is 0 Å². The minimum absolute atomic E-state index is 0.0553. The van der Waals surface area contributed by atoms with E-state index in [0.717, 1.165) is 25.2 Å². The molecular formula is C22H25N5O. The van der Waals surface area contributed by atoms with Gasteiger partial charge in [-0.15, -0.1) is 5.10 Å². The lowest BCUT2D eigenvalue weighted by Crippen LogP contribution is -2.48. The minimum atomic E-state index is -0.0553. The highest BCUT2D eigenvalue weighted by Gasteiger charge is 2.24. The maximum Gasteiger partial charge on any atom is 0.276 e. The smallest absolute Gasteiger partial charge is 0.276 e. The van der Waals surface area contributed by atoms with Gasteiger partial charge in [-0.25, -0.2) is 4.68 Å². The third-order valence-corrected chi connectivity index (χ3v) is 5.26. The second-order valence-corrected chi connectivity index (χ2v) is 7.19. The van der Waals surface area contributed by atoms with Crippen molar-refractivity contribution in [1.29, 1.82) is 0 Å².